The molecule has 2 heterocycles. The van der Waals surface area contributed by atoms with Crippen LogP contribution in [0.4, 0.5) is 4.39 Å². The summed E-state index contributed by atoms with van der Waals surface area (Å²) in [5.41, 5.74) is 1.65. The van der Waals surface area contributed by atoms with Crippen molar-refractivity contribution in [2.75, 3.05) is 0 Å². The van der Waals surface area contributed by atoms with Crippen molar-refractivity contribution in [2.45, 2.75) is 25.0 Å². The fourth-order valence-corrected chi connectivity index (χ4v) is 2.86. The third kappa shape index (κ3) is 3.95. The number of pyridine rings is 2. The van der Waals surface area contributed by atoms with Crippen LogP contribution in [0.1, 0.15) is 34.6 Å². The molecule has 0 spiro atoms. The average molecular weight is 363 g/mol. The highest BCUT2D eigenvalue weighted by molar-refractivity contribution is 5.94. The van der Waals surface area contributed by atoms with Crippen molar-refractivity contribution in [3.63, 3.8) is 0 Å². The second-order valence-corrected chi connectivity index (χ2v) is 6.54. The third-order valence-electron chi connectivity index (χ3n) is 4.53. The molecule has 1 amide bonds. The van der Waals surface area contributed by atoms with Gasteiger partial charge in [-0.25, -0.2) is 4.39 Å². The lowest BCUT2D eigenvalue weighted by Gasteiger charge is -2.16. The first kappa shape index (κ1) is 17.1. The first-order valence-electron chi connectivity index (χ1n) is 8.72. The molecule has 0 aliphatic heterocycles. The molecule has 1 saturated carbocycles. The Morgan fingerprint density at radius 1 is 1.11 bits per heavy atom. The monoisotopic (exact) mass is 363 g/mol. The van der Waals surface area contributed by atoms with Gasteiger partial charge in [-0.15, -0.1) is 0 Å². The third-order valence-corrected chi connectivity index (χ3v) is 4.53. The van der Waals surface area contributed by atoms with E-state index in [1.807, 2.05) is 18.2 Å². The van der Waals surface area contributed by atoms with Crippen molar-refractivity contribution in [3.8, 4) is 5.75 Å². The van der Waals surface area contributed by atoms with Crippen molar-refractivity contribution < 1.29 is 13.9 Å². The van der Waals surface area contributed by atoms with Gasteiger partial charge in [-0.05, 0) is 49.2 Å². The zero-order chi connectivity index (χ0) is 18.7. The molecule has 0 saturated heterocycles. The standard InChI is InChI=1S/C21H18FN3O2/c22-16-4-3-5-18(12-16)27-14-17-8-7-15(13-24-17)20(26)25-21(9-10-21)19-6-1-2-11-23-19/h1-8,11-13H,9-10,14H2,(H,25,26). The minimum absolute atomic E-state index is 0.178. The minimum atomic E-state index is -0.364. The molecule has 136 valence electrons. The number of nitrogens with zero attached hydrogens (tertiary/aromatic N) is 2. The summed E-state index contributed by atoms with van der Waals surface area (Å²) in [6.45, 7) is 0.198. The molecule has 0 radical (unpaired) electrons. The lowest BCUT2D eigenvalue weighted by molar-refractivity contribution is 0.0929. The predicted octanol–water partition coefficient (Wildman–Crippen LogP) is 3.61. The molecule has 3 aromatic rings. The molecule has 1 aliphatic carbocycles. The number of carbonyl (C=O) groups excluding carboxylic acids is 1. The number of ether oxygens (including phenoxy) is 1. The molecule has 4 rings (SSSR count). The molecule has 0 unspecified atom stereocenters. The maximum atomic E-state index is 13.2. The van der Waals surface area contributed by atoms with Crippen LogP contribution in [0.5, 0.6) is 5.75 Å². The fourth-order valence-electron chi connectivity index (χ4n) is 2.86. The second-order valence-electron chi connectivity index (χ2n) is 6.54. The van der Waals surface area contributed by atoms with E-state index in [1.165, 1.54) is 18.3 Å². The van der Waals surface area contributed by atoms with Crippen LogP contribution in [0.25, 0.3) is 0 Å². The Bertz CT molecular complexity index is 941. The summed E-state index contributed by atoms with van der Waals surface area (Å²) in [6, 6.07) is 15.1. The Morgan fingerprint density at radius 2 is 2.00 bits per heavy atom. The molecular weight excluding hydrogens is 345 g/mol. The number of rotatable bonds is 6. The van der Waals surface area contributed by atoms with Gasteiger partial charge in [-0.1, -0.05) is 12.1 Å². The zero-order valence-electron chi connectivity index (χ0n) is 14.6. The SMILES string of the molecule is O=C(NC1(c2ccccn2)CC1)c1ccc(COc2cccc(F)c2)nc1. The molecular formula is C21H18FN3O2. The van der Waals surface area contributed by atoms with Crippen molar-refractivity contribution >= 4 is 5.91 Å². The van der Waals surface area contributed by atoms with Gasteiger partial charge in [-0.2, -0.15) is 0 Å². The second kappa shape index (κ2) is 7.15. The maximum Gasteiger partial charge on any atom is 0.253 e. The van der Waals surface area contributed by atoms with Crippen LogP contribution < -0.4 is 10.1 Å². The van der Waals surface area contributed by atoms with E-state index < -0.39 is 0 Å². The highest BCUT2D eigenvalue weighted by Crippen LogP contribution is 2.44. The minimum Gasteiger partial charge on any atom is -0.487 e. The normalized spacial score (nSPS) is 14.4. The van der Waals surface area contributed by atoms with E-state index in [0.717, 1.165) is 18.5 Å². The Morgan fingerprint density at radius 3 is 2.67 bits per heavy atom. The number of hydrogen-bond acceptors (Lipinski definition) is 4. The lowest BCUT2D eigenvalue weighted by atomic mass is 10.1. The summed E-state index contributed by atoms with van der Waals surface area (Å²) in [5, 5.41) is 3.07. The molecule has 1 fully saturated rings. The van der Waals surface area contributed by atoms with Gasteiger partial charge >= 0.3 is 0 Å². The van der Waals surface area contributed by atoms with Gasteiger partial charge in [0.2, 0.25) is 0 Å². The van der Waals surface area contributed by atoms with Crippen LogP contribution >= 0.6 is 0 Å². The van der Waals surface area contributed by atoms with E-state index >= 15 is 0 Å². The number of amides is 1. The van der Waals surface area contributed by atoms with Gasteiger partial charge in [0.05, 0.1) is 22.5 Å². The Hall–Kier alpha value is -3.28. The molecule has 5 nitrogen and oxygen atoms in total. The predicted molar refractivity (Wildman–Crippen MR) is 97.6 cm³/mol. The van der Waals surface area contributed by atoms with Gasteiger partial charge in [0.25, 0.3) is 5.91 Å². The van der Waals surface area contributed by atoms with Crippen molar-refractivity contribution in [2.24, 2.45) is 0 Å². The molecule has 0 atom stereocenters. The summed E-state index contributed by atoms with van der Waals surface area (Å²) in [5.74, 6) is -0.0951. The van der Waals surface area contributed by atoms with E-state index in [2.05, 4.69) is 15.3 Å². The van der Waals surface area contributed by atoms with E-state index in [0.29, 0.717) is 17.0 Å². The topological polar surface area (TPSA) is 64.1 Å². The number of aromatic nitrogens is 2. The summed E-state index contributed by atoms with van der Waals surface area (Å²) >= 11 is 0. The highest BCUT2D eigenvalue weighted by atomic mass is 19.1. The Balaban J connectivity index is 1.38. The molecule has 27 heavy (non-hydrogen) atoms. The van der Waals surface area contributed by atoms with Crippen molar-refractivity contribution in [1.29, 1.82) is 0 Å². The number of hydrogen-bond donors (Lipinski definition) is 1. The Kier molecular flexibility index (Phi) is 4.54. The number of halogens is 1. The van der Waals surface area contributed by atoms with Gasteiger partial charge in [-0.3, -0.25) is 14.8 Å². The molecule has 6 heteroatoms. The molecule has 2 aromatic heterocycles. The average Bonchev–Trinajstić information content (AvgIpc) is 3.48. The lowest BCUT2D eigenvalue weighted by Crippen LogP contribution is -2.35. The van der Waals surface area contributed by atoms with Crippen LogP contribution in [0, 0.1) is 5.82 Å². The highest BCUT2D eigenvalue weighted by Gasteiger charge is 2.47. The number of benzene rings is 1. The number of carbonyl (C=O) groups is 1. The van der Waals surface area contributed by atoms with Crippen LogP contribution in [0.2, 0.25) is 0 Å². The smallest absolute Gasteiger partial charge is 0.253 e. The van der Waals surface area contributed by atoms with Gasteiger partial charge in [0.15, 0.2) is 0 Å². The van der Waals surface area contributed by atoms with Crippen LogP contribution in [0.3, 0.4) is 0 Å². The first-order valence-corrected chi connectivity index (χ1v) is 8.72. The summed E-state index contributed by atoms with van der Waals surface area (Å²) in [7, 11) is 0. The Labute approximate surface area is 156 Å². The first-order chi connectivity index (χ1) is 13.1. The summed E-state index contributed by atoms with van der Waals surface area (Å²) < 4.78 is 18.7. The van der Waals surface area contributed by atoms with Gasteiger partial charge < -0.3 is 10.1 Å². The van der Waals surface area contributed by atoms with E-state index in [4.69, 9.17) is 4.74 Å². The van der Waals surface area contributed by atoms with Gasteiger partial charge in [0, 0.05) is 18.5 Å². The quantitative estimate of drug-likeness (QED) is 0.727. The largest absolute Gasteiger partial charge is 0.487 e. The molecule has 1 aliphatic rings. The van der Waals surface area contributed by atoms with E-state index in [-0.39, 0.29) is 23.9 Å². The van der Waals surface area contributed by atoms with E-state index in [9.17, 15) is 9.18 Å². The number of nitrogens with one attached hydrogen (secondary N) is 1. The van der Waals surface area contributed by atoms with Crippen LogP contribution in [-0.2, 0) is 12.1 Å². The molecule has 0 bridgehead atoms. The van der Waals surface area contributed by atoms with Crippen molar-refractivity contribution in [1.82, 2.24) is 15.3 Å². The molecule has 1 aromatic carbocycles. The zero-order valence-corrected chi connectivity index (χ0v) is 14.6. The van der Waals surface area contributed by atoms with Crippen molar-refractivity contribution in [3.05, 3.63) is 89.8 Å². The summed E-state index contributed by atoms with van der Waals surface area (Å²) in [6.07, 6.45) is 5.01. The molecule has 1 N–H and O–H groups in total. The van der Waals surface area contributed by atoms with Gasteiger partial charge in [0.1, 0.15) is 18.2 Å². The van der Waals surface area contributed by atoms with E-state index in [1.54, 1.807) is 30.5 Å². The fraction of sp³-hybridized carbons (Fsp3) is 0.190. The maximum absolute atomic E-state index is 13.2. The summed E-state index contributed by atoms with van der Waals surface area (Å²) in [4.78, 5) is 21.2. The van der Waals surface area contributed by atoms with Crippen LogP contribution in [-0.4, -0.2) is 15.9 Å². The van der Waals surface area contributed by atoms with Crippen LogP contribution in [0.15, 0.2) is 67.0 Å².